The molecule has 3 aromatic rings. The molecule has 2 aromatic heterocycles. The van der Waals surface area contributed by atoms with Crippen LogP contribution in [0.2, 0.25) is 0 Å². The molecule has 9 nitrogen and oxygen atoms in total. The highest BCUT2D eigenvalue weighted by molar-refractivity contribution is 7.89. The molecule has 0 bridgehead atoms. The number of benzene rings is 1. The number of nitrogens with zero attached hydrogens (tertiary/aromatic N) is 4. The van der Waals surface area contributed by atoms with E-state index in [0.717, 1.165) is 36.8 Å². The zero-order valence-corrected chi connectivity index (χ0v) is 20.5. The number of hydrogen-bond acceptors (Lipinski definition) is 8. The van der Waals surface area contributed by atoms with Crippen LogP contribution < -0.4 is 0 Å². The quantitative estimate of drug-likeness (QED) is 0.306. The third kappa shape index (κ3) is 6.95. The van der Waals surface area contributed by atoms with E-state index in [1.807, 2.05) is 6.07 Å². The number of aromatic nitrogens is 3. The molecule has 1 aromatic carbocycles. The van der Waals surface area contributed by atoms with Crippen molar-refractivity contribution in [2.24, 2.45) is 0 Å². The summed E-state index contributed by atoms with van der Waals surface area (Å²) in [6.45, 7) is 1.42. The van der Waals surface area contributed by atoms with Gasteiger partial charge >= 0.3 is 5.97 Å². The van der Waals surface area contributed by atoms with E-state index in [9.17, 15) is 13.2 Å². The maximum absolute atomic E-state index is 12.9. The Labute approximate surface area is 205 Å². The summed E-state index contributed by atoms with van der Waals surface area (Å²) in [5.74, 6) is 0.665. The van der Waals surface area contributed by atoms with E-state index in [4.69, 9.17) is 9.26 Å². The lowest BCUT2D eigenvalue weighted by atomic mass is 10.1. The van der Waals surface area contributed by atoms with Crippen molar-refractivity contribution in [3.05, 3.63) is 60.2 Å². The highest BCUT2D eigenvalue weighted by Gasteiger charge is 2.24. The van der Waals surface area contributed by atoms with Crippen LogP contribution in [-0.4, -0.2) is 53.5 Å². The molecule has 1 aliphatic heterocycles. The Morgan fingerprint density at radius 3 is 2.51 bits per heavy atom. The standard InChI is InChI=1S/C25H30N4O5S/c30-24(33-18-6-8-23-27-25(28-34-23)21-7-5-15-26-19-21)14-11-20-9-12-22(13-10-20)35(31,32)29-16-3-1-2-4-17-29/h5,7,9-10,12-13,15,19H,1-4,6,8,11,14,16-18H2. The molecule has 1 fully saturated rings. The lowest BCUT2D eigenvalue weighted by molar-refractivity contribution is -0.143. The van der Waals surface area contributed by atoms with E-state index in [-0.39, 0.29) is 19.0 Å². The van der Waals surface area contributed by atoms with E-state index in [0.29, 0.717) is 49.0 Å². The van der Waals surface area contributed by atoms with Crippen molar-refractivity contribution in [2.45, 2.75) is 56.3 Å². The van der Waals surface area contributed by atoms with E-state index in [2.05, 4.69) is 15.1 Å². The normalized spacial score (nSPS) is 15.0. The fourth-order valence-electron chi connectivity index (χ4n) is 3.96. The van der Waals surface area contributed by atoms with Crippen LogP contribution in [0.4, 0.5) is 0 Å². The number of ether oxygens (including phenoxy) is 1. The highest BCUT2D eigenvalue weighted by atomic mass is 32.2. The molecule has 0 amide bonds. The SMILES string of the molecule is O=C(CCc1ccc(S(=O)(=O)N2CCCCCC2)cc1)OCCCc1nc(-c2cccnc2)no1. The van der Waals surface area contributed by atoms with Crippen molar-refractivity contribution in [1.82, 2.24) is 19.4 Å². The number of sulfonamides is 1. The summed E-state index contributed by atoms with van der Waals surface area (Å²) in [5, 5.41) is 3.94. The van der Waals surface area contributed by atoms with Crippen molar-refractivity contribution in [3.8, 4) is 11.4 Å². The average molecular weight is 499 g/mol. The second-order valence-electron chi connectivity index (χ2n) is 8.54. The Balaban J connectivity index is 1.17. The lowest BCUT2D eigenvalue weighted by Crippen LogP contribution is -2.31. The molecular weight excluding hydrogens is 468 g/mol. The van der Waals surface area contributed by atoms with Gasteiger partial charge in [0.1, 0.15) is 0 Å². The molecule has 1 saturated heterocycles. The Bertz CT molecular complexity index is 1190. The molecule has 1 aliphatic rings. The van der Waals surface area contributed by atoms with Gasteiger partial charge in [0, 0.05) is 43.9 Å². The summed E-state index contributed by atoms with van der Waals surface area (Å²) >= 11 is 0. The first-order valence-corrected chi connectivity index (χ1v) is 13.4. The maximum Gasteiger partial charge on any atom is 0.306 e. The molecule has 0 atom stereocenters. The smallest absolute Gasteiger partial charge is 0.306 e. The molecule has 3 heterocycles. The second-order valence-corrected chi connectivity index (χ2v) is 10.5. The molecule has 0 spiro atoms. The number of pyridine rings is 1. The Kier molecular flexibility index (Phi) is 8.59. The minimum Gasteiger partial charge on any atom is -0.466 e. The monoisotopic (exact) mass is 498 g/mol. The number of carbonyl (C=O) groups is 1. The summed E-state index contributed by atoms with van der Waals surface area (Å²) < 4.78 is 37.9. The van der Waals surface area contributed by atoms with E-state index in [1.165, 1.54) is 0 Å². The fraction of sp³-hybridized carbons (Fsp3) is 0.440. The van der Waals surface area contributed by atoms with Gasteiger partial charge in [-0.05, 0) is 55.5 Å². The van der Waals surface area contributed by atoms with E-state index < -0.39 is 10.0 Å². The predicted octanol–water partition coefficient (Wildman–Crippen LogP) is 3.80. The Hall–Kier alpha value is -3.11. The van der Waals surface area contributed by atoms with E-state index >= 15 is 0 Å². The van der Waals surface area contributed by atoms with Crippen LogP contribution in [-0.2, 0) is 32.4 Å². The van der Waals surface area contributed by atoms with Crippen LogP contribution >= 0.6 is 0 Å². The number of carbonyl (C=O) groups excluding carboxylic acids is 1. The molecule has 0 aliphatic carbocycles. The van der Waals surface area contributed by atoms with Crippen LogP contribution in [0, 0.1) is 0 Å². The minimum absolute atomic E-state index is 0.226. The molecule has 4 rings (SSSR count). The predicted molar refractivity (Wildman–Crippen MR) is 129 cm³/mol. The summed E-state index contributed by atoms with van der Waals surface area (Å²) in [6, 6.07) is 10.5. The third-order valence-corrected chi connectivity index (χ3v) is 7.84. The summed E-state index contributed by atoms with van der Waals surface area (Å²) in [7, 11) is -3.46. The van der Waals surface area contributed by atoms with Crippen LogP contribution in [0.15, 0.2) is 58.2 Å². The lowest BCUT2D eigenvalue weighted by Gasteiger charge is -2.20. The van der Waals surface area contributed by atoms with Gasteiger partial charge in [-0.1, -0.05) is 30.1 Å². The van der Waals surface area contributed by atoms with Gasteiger partial charge in [-0.3, -0.25) is 9.78 Å². The van der Waals surface area contributed by atoms with Gasteiger partial charge in [0.15, 0.2) is 0 Å². The Morgan fingerprint density at radius 2 is 1.80 bits per heavy atom. The fourth-order valence-corrected chi connectivity index (χ4v) is 5.47. The van der Waals surface area contributed by atoms with Crippen molar-refractivity contribution in [1.29, 1.82) is 0 Å². The highest BCUT2D eigenvalue weighted by Crippen LogP contribution is 2.21. The molecular formula is C25H30N4O5S. The number of rotatable bonds is 10. The molecule has 0 radical (unpaired) electrons. The van der Waals surface area contributed by atoms with Crippen LogP contribution in [0.1, 0.15) is 50.0 Å². The zero-order chi connectivity index (χ0) is 24.5. The molecule has 35 heavy (non-hydrogen) atoms. The van der Waals surface area contributed by atoms with Gasteiger partial charge in [0.2, 0.25) is 21.7 Å². The minimum atomic E-state index is -3.46. The van der Waals surface area contributed by atoms with Crippen molar-refractivity contribution < 1.29 is 22.5 Å². The van der Waals surface area contributed by atoms with Crippen LogP contribution in [0.3, 0.4) is 0 Å². The third-order valence-electron chi connectivity index (χ3n) is 5.93. The first-order chi connectivity index (χ1) is 17.0. The van der Waals surface area contributed by atoms with Gasteiger partial charge in [-0.25, -0.2) is 8.42 Å². The Morgan fingerprint density at radius 1 is 1.03 bits per heavy atom. The summed E-state index contributed by atoms with van der Waals surface area (Å²) in [5.41, 5.74) is 1.67. The van der Waals surface area contributed by atoms with Gasteiger partial charge in [0.25, 0.3) is 0 Å². The van der Waals surface area contributed by atoms with Crippen LogP contribution in [0.25, 0.3) is 11.4 Å². The summed E-state index contributed by atoms with van der Waals surface area (Å²) in [6.07, 6.45) is 9.09. The topological polar surface area (TPSA) is 115 Å². The first kappa shape index (κ1) is 25.0. The molecule has 0 saturated carbocycles. The number of hydrogen-bond donors (Lipinski definition) is 0. The zero-order valence-electron chi connectivity index (χ0n) is 19.6. The first-order valence-electron chi connectivity index (χ1n) is 12.0. The van der Waals surface area contributed by atoms with Crippen molar-refractivity contribution in [2.75, 3.05) is 19.7 Å². The number of aryl methyl sites for hydroxylation is 2. The summed E-state index contributed by atoms with van der Waals surface area (Å²) in [4.78, 5) is 20.8. The second kappa shape index (κ2) is 12.0. The van der Waals surface area contributed by atoms with Crippen molar-refractivity contribution >= 4 is 16.0 Å². The molecule has 0 unspecified atom stereocenters. The van der Waals surface area contributed by atoms with Crippen LogP contribution in [0.5, 0.6) is 0 Å². The van der Waals surface area contributed by atoms with Gasteiger partial charge in [-0.15, -0.1) is 0 Å². The largest absolute Gasteiger partial charge is 0.466 e. The van der Waals surface area contributed by atoms with Crippen molar-refractivity contribution in [3.63, 3.8) is 0 Å². The van der Waals surface area contributed by atoms with Gasteiger partial charge < -0.3 is 9.26 Å². The molecule has 0 N–H and O–H groups in total. The molecule has 10 heteroatoms. The number of esters is 1. The average Bonchev–Trinajstić information content (AvgIpc) is 3.18. The van der Waals surface area contributed by atoms with Gasteiger partial charge in [-0.2, -0.15) is 9.29 Å². The maximum atomic E-state index is 12.9. The van der Waals surface area contributed by atoms with E-state index in [1.54, 1.807) is 47.0 Å². The molecule has 186 valence electrons. The van der Waals surface area contributed by atoms with Gasteiger partial charge in [0.05, 0.1) is 11.5 Å².